The fraction of sp³-hybridized carbons (Fsp3) is 0.667. The highest BCUT2D eigenvalue weighted by atomic mass is 19.1. The molecule has 1 aromatic rings. The summed E-state index contributed by atoms with van der Waals surface area (Å²) in [6, 6.07) is 3.58. The topological polar surface area (TPSA) is 12.0 Å². The van der Waals surface area contributed by atoms with Crippen molar-refractivity contribution in [2.75, 3.05) is 7.05 Å². The second-order valence-electron chi connectivity index (χ2n) is 7.40. The minimum atomic E-state index is -0.138. The number of nitrogens with one attached hydrogen (secondary N) is 1. The summed E-state index contributed by atoms with van der Waals surface area (Å²) in [6.45, 7) is 13.2. The highest BCUT2D eigenvalue weighted by Crippen LogP contribution is 2.32. The second kappa shape index (κ2) is 6.71. The maximum Gasteiger partial charge on any atom is 0.123 e. The van der Waals surface area contributed by atoms with Crippen molar-refractivity contribution in [1.29, 1.82) is 0 Å². The zero-order valence-electron chi connectivity index (χ0n) is 14.1. The van der Waals surface area contributed by atoms with E-state index in [0.29, 0.717) is 17.4 Å². The van der Waals surface area contributed by atoms with Crippen LogP contribution in [-0.4, -0.2) is 7.05 Å². The van der Waals surface area contributed by atoms with Gasteiger partial charge in [-0.3, -0.25) is 0 Å². The molecule has 0 aliphatic heterocycles. The zero-order chi connectivity index (χ0) is 15.5. The highest BCUT2D eigenvalue weighted by molar-refractivity contribution is 5.36. The third kappa shape index (κ3) is 4.90. The first-order chi connectivity index (χ1) is 9.14. The van der Waals surface area contributed by atoms with Crippen LogP contribution in [-0.2, 0) is 0 Å². The lowest BCUT2D eigenvalue weighted by Gasteiger charge is -2.28. The maximum atomic E-state index is 13.4. The zero-order valence-corrected chi connectivity index (χ0v) is 14.1. The summed E-state index contributed by atoms with van der Waals surface area (Å²) in [5.74, 6) is 0.498. The van der Waals surface area contributed by atoms with Gasteiger partial charge in [0.2, 0.25) is 0 Å². The van der Waals surface area contributed by atoms with Crippen molar-refractivity contribution in [2.45, 2.75) is 60.4 Å². The van der Waals surface area contributed by atoms with Crippen LogP contribution in [0.3, 0.4) is 0 Å². The van der Waals surface area contributed by atoms with Gasteiger partial charge in [-0.05, 0) is 73.9 Å². The summed E-state index contributed by atoms with van der Waals surface area (Å²) in [7, 11) is 2.00. The number of aryl methyl sites for hydroxylation is 2. The Morgan fingerprint density at radius 1 is 1.15 bits per heavy atom. The van der Waals surface area contributed by atoms with Crippen LogP contribution in [0.15, 0.2) is 12.1 Å². The van der Waals surface area contributed by atoms with Crippen LogP contribution in [0, 0.1) is 31.0 Å². The molecule has 1 aromatic carbocycles. The van der Waals surface area contributed by atoms with E-state index >= 15 is 0 Å². The Morgan fingerprint density at radius 2 is 1.65 bits per heavy atom. The van der Waals surface area contributed by atoms with E-state index in [9.17, 15) is 4.39 Å². The van der Waals surface area contributed by atoms with Gasteiger partial charge < -0.3 is 5.32 Å². The Labute approximate surface area is 124 Å². The van der Waals surface area contributed by atoms with Crippen LogP contribution in [0.25, 0.3) is 0 Å². The first-order valence-corrected chi connectivity index (χ1v) is 7.58. The largest absolute Gasteiger partial charge is 0.313 e. The van der Waals surface area contributed by atoms with Gasteiger partial charge in [-0.25, -0.2) is 4.39 Å². The number of hydrogen-bond acceptors (Lipinski definition) is 1. The minimum absolute atomic E-state index is 0.138. The van der Waals surface area contributed by atoms with Crippen LogP contribution in [0.1, 0.15) is 63.3 Å². The lowest BCUT2D eigenvalue weighted by Crippen LogP contribution is -2.23. The lowest BCUT2D eigenvalue weighted by molar-refractivity contribution is 0.278. The Kier molecular flexibility index (Phi) is 5.76. The SMILES string of the molecule is CNC(CC(C)CC(C)(C)C)c1c(C)cc(F)cc1C. The number of benzene rings is 1. The molecule has 0 radical (unpaired) electrons. The summed E-state index contributed by atoms with van der Waals surface area (Å²) in [5.41, 5.74) is 3.70. The molecule has 2 atom stereocenters. The number of halogens is 1. The van der Waals surface area contributed by atoms with E-state index in [1.165, 1.54) is 12.0 Å². The molecule has 0 aliphatic carbocycles. The van der Waals surface area contributed by atoms with Crippen LogP contribution in [0.4, 0.5) is 4.39 Å². The Bertz CT molecular complexity index is 422. The fourth-order valence-electron chi connectivity index (χ4n) is 3.38. The predicted molar refractivity (Wildman–Crippen MR) is 85.5 cm³/mol. The van der Waals surface area contributed by atoms with Gasteiger partial charge in [-0.2, -0.15) is 0 Å². The molecule has 2 unspecified atom stereocenters. The monoisotopic (exact) mass is 279 g/mol. The van der Waals surface area contributed by atoms with E-state index in [1.807, 2.05) is 20.9 Å². The molecular formula is C18H30FN. The molecule has 1 N–H and O–H groups in total. The molecular weight excluding hydrogens is 249 g/mol. The molecule has 0 aromatic heterocycles. The van der Waals surface area contributed by atoms with Crippen molar-refractivity contribution in [3.8, 4) is 0 Å². The van der Waals surface area contributed by atoms with Crippen LogP contribution < -0.4 is 5.32 Å². The molecule has 0 spiro atoms. The second-order valence-corrected chi connectivity index (χ2v) is 7.40. The third-order valence-corrected chi connectivity index (χ3v) is 3.85. The first-order valence-electron chi connectivity index (χ1n) is 7.58. The van der Waals surface area contributed by atoms with Crippen LogP contribution in [0.5, 0.6) is 0 Å². The molecule has 2 heteroatoms. The van der Waals surface area contributed by atoms with Crippen molar-refractivity contribution in [3.05, 3.63) is 34.6 Å². The lowest BCUT2D eigenvalue weighted by atomic mass is 9.81. The molecule has 0 bridgehead atoms. The van der Waals surface area contributed by atoms with E-state index in [-0.39, 0.29) is 5.82 Å². The van der Waals surface area contributed by atoms with Crippen LogP contribution >= 0.6 is 0 Å². The molecule has 0 amide bonds. The van der Waals surface area contributed by atoms with Gasteiger partial charge in [0.25, 0.3) is 0 Å². The van der Waals surface area contributed by atoms with E-state index in [2.05, 4.69) is 33.0 Å². The first kappa shape index (κ1) is 17.2. The van der Waals surface area contributed by atoms with Crippen molar-refractivity contribution in [1.82, 2.24) is 5.32 Å². The molecule has 0 saturated carbocycles. The Hall–Kier alpha value is -0.890. The van der Waals surface area contributed by atoms with Crippen molar-refractivity contribution in [3.63, 3.8) is 0 Å². The van der Waals surface area contributed by atoms with Gasteiger partial charge in [0.15, 0.2) is 0 Å². The van der Waals surface area contributed by atoms with E-state index in [1.54, 1.807) is 12.1 Å². The van der Waals surface area contributed by atoms with Gasteiger partial charge in [0.05, 0.1) is 0 Å². The summed E-state index contributed by atoms with van der Waals surface area (Å²) in [6.07, 6.45) is 2.28. The van der Waals surface area contributed by atoms with Crippen LogP contribution in [0.2, 0.25) is 0 Å². The predicted octanol–water partition coefficient (Wildman–Crippen LogP) is 5.17. The summed E-state index contributed by atoms with van der Waals surface area (Å²) in [4.78, 5) is 0. The average Bonchev–Trinajstić information content (AvgIpc) is 2.23. The van der Waals surface area contributed by atoms with E-state index in [4.69, 9.17) is 0 Å². The summed E-state index contributed by atoms with van der Waals surface area (Å²) >= 11 is 0. The van der Waals surface area contributed by atoms with Crippen molar-refractivity contribution in [2.24, 2.45) is 11.3 Å². The van der Waals surface area contributed by atoms with Crippen molar-refractivity contribution < 1.29 is 4.39 Å². The molecule has 0 aliphatic rings. The smallest absolute Gasteiger partial charge is 0.123 e. The summed E-state index contributed by atoms with van der Waals surface area (Å²) < 4.78 is 13.4. The normalized spacial score (nSPS) is 15.2. The van der Waals surface area contributed by atoms with Gasteiger partial charge in [-0.1, -0.05) is 27.7 Å². The molecule has 1 rings (SSSR count). The Balaban J connectivity index is 2.92. The number of hydrogen-bond donors (Lipinski definition) is 1. The van der Waals surface area contributed by atoms with Gasteiger partial charge in [0.1, 0.15) is 5.82 Å². The molecule has 20 heavy (non-hydrogen) atoms. The molecule has 1 nitrogen and oxygen atoms in total. The van der Waals surface area contributed by atoms with Gasteiger partial charge >= 0.3 is 0 Å². The Morgan fingerprint density at radius 3 is 2.05 bits per heavy atom. The quantitative estimate of drug-likeness (QED) is 0.784. The van der Waals surface area contributed by atoms with Crippen molar-refractivity contribution >= 4 is 0 Å². The van der Waals surface area contributed by atoms with E-state index < -0.39 is 0 Å². The standard InChI is InChI=1S/C18H30FN/c1-12(11-18(4,5)6)8-16(20-7)17-13(2)9-15(19)10-14(17)3/h9-10,12,16,20H,8,11H2,1-7H3. The highest BCUT2D eigenvalue weighted by Gasteiger charge is 2.21. The molecule has 0 heterocycles. The maximum absolute atomic E-state index is 13.4. The molecule has 0 fully saturated rings. The molecule has 0 saturated heterocycles. The summed E-state index contributed by atoms with van der Waals surface area (Å²) in [5, 5.41) is 3.41. The van der Waals surface area contributed by atoms with Gasteiger partial charge in [-0.15, -0.1) is 0 Å². The fourth-order valence-corrected chi connectivity index (χ4v) is 3.38. The number of rotatable bonds is 5. The van der Waals surface area contributed by atoms with E-state index in [0.717, 1.165) is 17.5 Å². The molecule has 114 valence electrons. The average molecular weight is 279 g/mol. The van der Waals surface area contributed by atoms with Gasteiger partial charge in [0, 0.05) is 6.04 Å². The minimum Gasteiger partial charge on any atom is -0.313 e. The third-order valence-electron chi connectivity index (χ3n) is 3.85.